The standard InChI is InChI=1S/C14H16N2O3S/c1-10-6-4-5-7-13(10)20(18,19)15-14(17)12-9-8-11(2)16(12)3/h4-9H,1-3H3,(H,15,17). The van der Waals surface area contributed by atoms with Crippen LogP contribution in [0.3, 0.4) is 0 Å². The van der Waals surface area contributed by atoms with Crippen molar-refractivity contribution in [3.05, 3.63) is 53.3 Å². The summed E-state index contributed by atoms with van der Waals surface area (Å²) in [5.74, 6) is -0.635. The van der Waals surface area contributed by atoms with Gasteiger partial charge in [-0.05, 0) is 37.6 Å². The minimum absolute atomic E-state index is 0.110. The molecule has 1 aromatic carbocycles. The monoisotopic (exact) mass is 292 g/mol. The molecule has 0 saturated heterocycles. The van der Waals surface area contributed by atoms with Gasteiger partial charge in [0, 0.05) is 12.7 Å². The van der Waals surface area contributed by atoms with Gasteiger partial charge < -0.3 is 4.57 Å². The van der Waals surface area contributed by atoms with Crippen molar-refractivity contribution in [1.82, 2.24) is 9.29 Å². The Kier molecular flexibility index (Phi) is 3.67. The zero-order valence-electron chi connectivity index (χ0n) is 11.5. The van der Waals surface area contributed by atoms with Crippen molar-refractivity contribution in [2.75, 3.05) is 0 Å². The summed E-state index contributed by atoms with van der Waals surface area (Å²) in [6.07, 6.45) is 0. The molecule has 1 amide bonds. The van der Waals surface area contributed by atoms with E-state index in [1.807, 2.05) is 6.92 Å². The molecule has 0 aliphatic carbocycles. The smallest absolute Gasteiger partial charge is 0.281 e. The van der Waals surface area contributed by atoms with Gasteiger partial charge in [0.1, 0.15) is 5.69 Å². The van der Waals surface area contributed by atoms with E-state index in [4.69, 9.17) is 0 Å². The Labute approximate surface area is 118 Å². The SMILES string of the molecule is Cc1ccccc1S(=O)(=O)NC(=O)c1ccc(C)n1C. The second kappa shape index (κ2) is 5.13. The van der Waals surface area contributed by atoms with Crippen LogP contribution in [-0.2, 0) is 17.1 Å². The first kappa shape index (κ1) is 14.3. The van der Waals surface area contributed by atoms with Crippen molar-refractivity contribution >= 4 is 15.9 Å². The Bertz CT molecular complexity index is 760. The molecule has 2 aromatic rings. The summed E-state index contributed by atoms with van der Waals surface area (Å²) in [7, 11) is -2.15. The molecular formula is C14H16N2O3S. The van der Waals surface area contributed by atoms with E-state index in [-0.39, 0.29) is 4.90 Å². The zero-order chi connectivity index (χ0) is 14.9. The fourth-order valence-corrected chi connectivity index (χ4v) is 3.14. The van der Waals surface area contributed by atoms with Gasteiger partial charge in [0.25, 0.3) is 15.9 Å². The van der Waals surface area contributed by atoms with Crippen molar-refractivity contribution in [3.8, 4) is 0 Å². The Balaban J connectivity index is 2.32. The summed E-state index contributed by atoms with van der Waals surface area (Å²) in [6.45, 7) is 3.53. The van der Waals surface area contributed by atoms with E-state index in [1.165, 1.54) is 6.07 Å². The van der Waals surface area contributed by atoms with E-state index in [9.17, 15) is 13.2 Å². The second-order valence-corrected chi connectivity index (χ2v) is 6.27. The molecule has 106 valence electrons. The highest BCUT2D eigenvalue weighted by atomic mass is 32.2. The first-order chi connectivity index (χ1) is 9.33. The average molecular weight is 292 g/mol. The lowest BCUT2D eigenvalue weighted by molar-refractivity contribution is 0.0973. The summed E-state index contributed by atoms with van der Waals surface area (Å²) in [4.78, 5) is 12.2. The number of nitrogens with zero attached hydrogens (tertiary/aromatic N) is 1. The van der Waals surface area contributed by atoms with Crippen molar-refractivity contribution < 1.29 is 13.2 Å². The van der Waals surface area contributed by atoms with E-state index >= 15 is 0 Å². The molecule has 0 atom stereocenters. The van der Waals surface area contributed by atoms with Crippen LogP contribution in [0, 0.1) is 13.8 Å². The largest absolute Gasteiger partial charge is 0.344 e. The first-order valence-corrected chi connectivity index (χ1v) is 7.56. The lowest BCUT2D eigenvalue weighted by Gasteiger charge is -2.10. The quantitative estimate of drug-likeness (QED) is 0.937. The van der Waals surface area contributed by atoms with Crippen molar-refractivity contribution in [3.63, 3.8) is 0 Å². The second-order valence-electron chi connectivity index (χ2n) is 4.62. The van der Waals surface area contributed by atoms with Crippen LogP contribution in [0.25, 0.3) is 0 Å². The number of carbonyl (C=O) groups excluding carboxylic acids is 1. The number of carbonyl (C=O) groups is 1. The lowest BCUT2D eigenvalue weighted by atomic mass is 10.2. The highest BCUT2D eigenvalue weighted by Crippen LogP contribution is 2.15. The molecule has 6 heteroatoms. The van der Waals surface area contributed by atoms with Gasteiger partial charge in [0.05, 0.1) is 4.90 Å². The van der Waals surface area contributed by atoms with Crippen molar-refractivity contribution in [2.24, 2.45) is 7.05 Å². The van der Waals surface area contributed by atoms with E-state index in [0.717, 1.165) is 5.69 Å². The Morgan fingerprint density at radius 3 is 2.30 bits per heavy atom. The summed E-state index contributed by atoms with van der Waals surface area (Å²) >= 11 is 0. The van der Waals surface area contributed by atoms with Crippen LogP contribution in [0.1, 0.15) is 21.7 Å². The molecule has 0 bridgehead atoms. The molecule has 2 rings (SSSR count). The third-order valence-corrected chi connectivity index (χ3v) is 4.71. The van der Waals surface area contributed by atoms with Gasteiger partial charge in [0.2, 0.25) is 0 Å². The molecular weight excluding hydrogens is 276 g/mol. The molecule has 0 unspecified atom stereocenters. The Hall–Kier alpha value is -2.08. The van der Waals surface area contributed by atoms with E-state index in [1.54, 1.807) is 48.9 Å². The van der Waals surface area contributed by atoms with Gasteiger partial charge in [-0.1, -0.05) is 18.2 Å². The molecule has 0 saturated carbocycles. The minimum Gasteiger partial charge on any atom is -0.344 e. The van der Waals surface area contributed by atoms with E-state index in [0.29, 0.717) is 11.3 Å². The number of rotatable bonds is 3. The topological polar surface area (TPSA) is 68.2 Å². The normalized spacial score (nSPS) is 11.3. The average Bonchev–Trinajstić information content (AvgIpc) is 2.70. The van der Waals surface area contributed by atoms with Gasteiger partial charge in [-0.15, -0.1) is 0 Å². The highest BCUT2D eigenvalue weighted by Gasteiger charge is 2.21. The number of sulfonamides is 1. The van der Waals surface area contributed by atoms with Crippen LogP contribution >= 0.6 is 0 Å². The van der Waals surface area contributed by atoms with Gasteiger partial charge >= 0.3 is 0 Å². The van der Waals surface area contributed by atoms with Gasteiger partial charge in [0.15, 0.2) is 0 Å². The number of aromatic nitrogens is 1. The predicted octanol–water partition coefficient (Wildman–Crippen LogP) is 1.76. The predicted molar refractivity (Wildman–Crippen MR) is 76.0 cm³/mol. The fraction of sp³-hybridized carbons (Fsp3) is 0.214. The number of benzene rings is 1. The van der Waals surface area contributed by atoms with Crippen LogP contribution in [0.4, 0.5) is 0 Å². The van der Waals surface area contributed by atoms with Crippen molar-refractivity contribution in [1.29, 1.82) is 0 Å². The molecule has 0 fully saturated rings. The molecule has 1 aromatic heterocycles. The number of nitrogens with one attached hydrogen (secondary N) is 1. The number of hydrogen-bond acceptors (Lipinski definition) is 3. The minimum atomic E-state index is -3.86. The van der Waals surface area contributed by atoms with Crippen LogP contribution in [0.2, 0.25) is 0 Å². The van der Waals surface area contributed by atoms with E-state index in [2.05, 4.69) is 4.72 Å². The number of aryl methyl sites for hydroxylation is 2. The zero-order valence-corrected chi connectivity index (χ0v) is 12.4. The Morgan fingerprint density at radius 1 is 1.10 bits per heavy atom. The van der Waals surface area contributed by atoms with Gasteiger partial charge in [-0.3, -0.25) is 4.79 Å². The molecule has 1 heterocycles. The Morgan fingerprint density at radius 2 is 1.75 bits per heavy atom. The maximum absolute atomic E-state index is 12.2. The van der Waals surface area contributed by atoms with Gasteiger partial charge in [-0.2, -0.15) is 0 Å². The van der Waals surface area contributed by atoms with Gasteiger partial charge in [-0.25, -0.2) is 13.1 Å². The molecule has 0 aliphatic heterocycles. The van der Waals surface area contributed by atoms with Crippen LogP contribution in [-0.4, -0.2) is 18.9 Å². The van der Waals surface area contributed by atoms with Crippen LogP contribution < -0.4 is 4.72 Å². The summed E-state index contributed by atoms with van der Waals surface area (Å²) in [6, 6.07) is 9.88. The maximum atomic E-state index is 12.2. The van der Waals surface area contributed by atoms with E-state index < -0.39 is 15.9 Å². The third-order valence-electron chi connectivity index (χ3n) is 3.22. The summed E-state index contributed by atoms with van der Waals surface area (Å²) < 4.78 is 28.2. The molecule has 20 heavy (non-hydrogen) atoms. The van der Waals surface area contributed by atoms with Crippen molar-refractivity contribution in [2.45, 2.75) is 18.7 Å². The van der Waals surface area contributed by atoms with Crippen LogP contribution in [0.15, 0.2) is 41.3 Å². The van der Waals surface area contributed by atoms with Crippen LogP contribution in [0.5, 0.6) is 0 Å². The fourth-order valence-electron chi connectivity index (χ4n) is 1.93. The summed E-state index contributed by atoms with van der Waals surface area (Å²) in [5, 5.41) is 0. The molecule has 5 nitrogen and oxygen atoms in total. The molecule has 0 spiro atoms. The number of amides is 1. The maximum Gasteiger partial charge on any atom is 0.281 e. The highest BCUT2D eigenvalue weighted by molar-refractivity contribution is 7.90. The number of hydrogen-bond donors (Lipinski definition) is 1. The lowest BCUT2D eigenvalue weighted by Crippen LogP contribution is -2.32. The first-order valence-electron chi connectivity index (χ1n) is 6.08. The third kappa shape index (κ3) is 2.60. The molecule has 1 N–H and O–H groups in total. The summed E-state index contributed by atoms with van der Waals surface area (Å²) in [5.41, 5.74) is 1.78. The molecule has 0 radical (unpaired) electrons. The molecule has 0 aliphatic rings.